The van der Waals surface area contributed by atoms with E-state index in [1.807, 2.05) is 6.07 Å². The molecule has 1 aliphatic rings. The highest BCUT2D eigenvalue weighted by Crippen LogP contribution is 2.16. The fraction of sp³-hybridized carbons (Fsp3) is 0.409. The molecular weight excluding hydrogens is 327 g/mol. The maximum absolute atomic E-state index is 13.6. The molecule has 1 N–H and O–H groups in total. The van der Waals surface area contributed by atoms with Crippen LogP contribution in [0, 0.1) is 5.82 Å². The number of hydrogen-bond donors (Lipinski definition) is 1. The van der Waals surface area contributed by atoms with Gasteiger partial charge in [-0.15, -0.1) is 0 Å². The zero-order chi connectivity index (χ0) is 18.2. The third kappa shape index (κ3) is 5.40. The van der Waals surface area contributed by atoms with Crippen LogP contribution < -0.4 is 5.32 Å². The minimum Gasteiger partial charge on any atom is -0.352 e. The lowest BCUT2D eigenvalue weighted by Gasteiger charge is -2.27. The van der Waals surface area contributed by atoms with Gasteiger partial charge in [0.25, 0.3) is 0 Å². The Hall–Kier alpha value is -2.20. The highest BCUT2D eigenvalue weighted by atomic mass is 19.1. The highest BCUT2D eigenvalue weighted by molar-refractivity contribution is 5.76. The van der Waals surface area contributed by atoms with Crippen LogP contribution in [0.4, 0.5) is 4.39 Å². The minimum absolute atomic E-state index is 0.0407. The van der Waals surface area contributed by atoms with E-state index in [0.717, 1.165) is 25.2 Å². The van der Waals surface area contributed by atoms with Gasteiger partial charge in [0, 0.05) is 19.5 Å². The molecule has 2 aromatic carbocycles. The van der Waals surface area contributed by atoms with E-state index in [1.165, 1.54) is 30.9 Å². The first-order valence-corrected chi connectivity index (χ1v) is 9.51. The molecule has 0 bridgehead atoms. The molecule has 1 amide bonds. The fourth-order valence-corrected chi connectivity index (χ4v) is 3.47. The molecule has 4 heteroatoms. The molecule has 0 atom stereocenters. The zero-order valence-electron chi connectivity index (χ0n) is 15.2. The van der Waals surface area contributed by atoms with Crippen molar-refractivity contribution in [2.24, 2.45) is 0 Å². The van der Waals surface area contributed by atoms with Crippen molar-refractivity contribution in [2.45, 2.75) is 45.2 Å². The Morgan fingerprint density at radius 1 is 0.923 bits per heavy atom. The largest absolute Gasteiger partial charge is 0.352 e. The number of benzene rings is 2. The average Bonchev–Trinajstić information content (AvgIpc) is 2.67. The molecule has 0 aromatic heterocycles. The molecule has 3 rings (SSSR count). The molecule has 1 fully saturated rings. The molecule has 0 spiro atoms. The van der Waals surface area contributed by atoms with Crippen molar-refractivity contribution >= 4 is 5.91 Å². The summed E-state index contributed by atoms with van der Waals surface area (Å²) in [5, 5.41) is 2.99. The smallest absolute Gasteiger partial charge is 0.220 e. The first-order valence-electron chi connectivity index (χ1n) is 9.51. The van der Waals surface area contributed by atoms with Gasteiger partial charge in [-0.25, -0.2) is 4.39 Å². The van der Waals surface area contributed by atoms with Crippen LogP contribution in [0.1, 0.15) is 42.4 Å². The van der Waals surface area contributed by atoms with E-state index in [2.05, 4.69) is 28.4 Å². The Balaban J connectivity index is 1.51. The Bertz CT molecular complexity index is 726. The van der Waals surface area contributed by atoms with Crippen molar-refractivity contribution < 1.29 is 9.18 Å². The van der Waals surface area contributed by atoms with E-state index in [-0.39, 0.29) is 11.7 Å². The van der Waals surface area contributed by atoms with Crippen LogP contribution in [0.5, 0.6) is 0 Å². The predicted octanol–water partition coefficient (Wildman–Crippen LogP) is 4.06. The second-order valence-corrected chi connectivity index (χ2v) is 6.97. The summed E-state index contributed by atoms with van der Waals surface area (Å²) in [4.78, 5) is 14.6. The Morgan fingerprint density at radius 3 is 2.31 bits per heavy atom. The monoisotopic (exact) mass is 354 g/mol. The number of carbonyl (C=O) groups is 1. The standard InChI is InChI=1S/C22H27FN2O/c23-21-11-5-4-8-18(21)12-13-22(26)24-16-19-9-2-3-10-20(19)17-25-14-6-1-7-15-25/h2-5,8-11H,1,6-7,12-17H2,(H,24,26). The topological polar surface area (TPSA) is 32.3 Å². The molecule has 0 radical (unpaired) electrons. The average molecular weight is 354 g/mol. The normalized spacial score (nSPS) is 15.0. The summed E-state index contributed by atoms with van der Waals surface area (Å²) >= 11 is 0. The first kappa shape index (κ1) is 18.6. The van der Waals surface area contributed by atoms with Crippen LogP contribution in [-0.4, -0.2) is 23.9 Å². The van der Waals surface area contributed by atoms with Gasteiger partial charge in [0.15, 0.2) is 0 Å². The second kappa shape index (κ2) is 9.48. The van der Waals surface area contributed by atoms with Crippen molar-refractivity contribution in [2.75, 3.05) is 13.1 Å². The number of halogens is 1. The van der Waals surface area contributed by atoms with E-state index >= 15 is 0 Å². The summed E-state index contributed by atoms with van der Waals surface area (Å²) in [6.07, 6.45) is 4.60. The number of likely N-dealkylation sites (tertiary alicyclic amines) is 1. The Labute approximate surface area is 155 Å². The lowest BCUT2D eigenvalue weighted by molar-refractivity contribution is -0.121. The molecule has 0 unspecified atom stereocenters. The molecular formula is C22H27FN2O. The van der Waals surface area contributed by atoms with Gasteiger partial charge in [-0.05, 0) is 55.1 Å². The maximum Gasteiger partial charge on any atom is 0.220 e. The van der Waals surface area contributed by atoms with Gasteiger partial charge in [-0.1, -0.05) is 48.9 Å². The lowest BCUT2D eigenvalue weighted by atomic mass is 10.0. The van der Waals surface area contributed by atoms with Crippen LogP contribution in [0.2, 0.25) is 0 Å². The number of piperidine rings is 1. The molecule has 1 heterocycles. The third-order valence-corrected chi connectivity index (χ3v) is 5.02. The molecule has 1 aliphatic heterocycles. The molecule has 3 nitrogen and oxygen atoms in total. The highest BCUT2D eigenvalue weighted by Gasteiger charge is 2.13. The van der Waals surface area contributed by atoms with Crippen LogP contribution >= 0.6 is 0 Å². The number of hydrogen-bond acceptors (Lipinski definition) is 2. The summed E-state index contributed by atoms with van der Waals surface area (Å²) in [6, 6.07) is 14.9. The number of carbonyl (C=O) groups excluding carboxylic acids is 1. The lowest BCUT2D eigenvalue weighted by Crippen LogP contribution is -2.30. The second-order valence-electron chi connectivity index (χ2n) is 6.97. The predicted molar refractivity (Wildman–Crippen MR) is 102 cm³/mol. The number of nitrogens with zero attached hydrogens (tertiary/aromatic N) is 1. The van der Waals surface area contributed by atoms with E-state index in [9.17, 15) is 9.18 Å². The van der Waals surface area contributed by atoms with Gasteiger partial charge < -0.3 is 5.32 Å². The maximum atomic E-state index is 13.6. The zero-order valence-corrected chi connectivity index (χ0v) is 15.2. The summed E-state index contributed by atoms with van der Waals surface area (Å²) < 4.78 is 13.6. The Kier molecular flexibility index (Phi) is 6.78. The molecule has 1 saturated heterocycles. The molecule has 0 saturated carbocycles. The molecule has 0 aliphatic carbocycles. The van der Waals surface area contributed by atoms with E-state index < -0.39 is 0 Å². The summed E-state index contributed by atoms with van der Waals surface area (Å²) in [7, 11) is 0. The van der Waals surface area contributed by atoms with Gasteiger partial charge in [0.1, 0.15) is 5.82 Å². The van der Waals surface area contributed by atoms with E-state index in [1.54, 1.807) is 18.2 Å². The molecule has 2 aromatic rings. The van der Waals surface area contributed by atoms with Gasteiger partial charge in [0.2, 0.25) is 5.91 Å². The summed E-state index contributed by atoms with van der Waals surface area (Å²) in [6.45, 7) is 3.79. The molecule has 26 heavy (non-hydrogen) atoms. The number of amides is 1. The van der Waals surface area contributed by atoms with Crippen molar-refractivity contribution in [1.82, 2.24) is 10.2 Å². The van der Waals surface area contributed by atoms with Crippen LogP contribution in [0.3, 0.4) is 0 Å². The summed E-state index contributed by atoms with van der Waals surface area (Å²) in [5.41, 5.74) is 3.04. The van der Waals surface area contributed by atoms with Crippen LogP contribution in [0.25, 0.3) is 0 Å². The molecule has 138 valence electrons. The summed E-state index contributed by atoms with van der Waals surface area (Å²) in [5.74, 6) is -0.284. The Morgan fingerprint density at radius 2 is 1.58 bits per heavy atom. The van der Waals surface area contributed by atoms with Crippen molar-refractivity contribution in [3.05, 3.63) is 71.0 Å². The van der Waals surface area contributed by atoms with E-state index in [0.29, 0.717) is 24.9 Å². The number of rotatable bonds is 7. The third-order valence-electron chi connectivity index (χ3n) is 5.02. The van der Waals surface area contributed by atoms with Crippen molar-refractivity contribution in [3.63, 3.8) is 0 Å². The quantitative estimate of drug-likeness (QED) is 0.813. The minimum atomic E-state index is -0.243. The van der Waals surface area contributed by atoms with Crippen molar-refractivity contribution in [1.29, 1.82) is 0 Å². The van der Waals surface area contributed by atoms with Crippen molar-refractivity contribution in [3.8, 4) is 0 Å². The SMILES string of the molecule is O=C(CCc1ccccc1F)NCc1ccccc1CN1CCCCC1. The van der Waals surface area contributed by atoms with Gasteiger partial charge in [-0.2, -0.15) is 0 Å². The van der Waals surface area contributed by atoms with Gasteiger partial charge in [-0.3, -0.25) is 9.69 Å². The van der Waals surface area contributed by atoms with Crippen LogP contribution in [0.15, 0.2) is 48.5 Å². The van der Waals surface area contributed by atoms with E-state index in [4.69, 9.17) is 0 Å². The fourth-order valence-electron chi connectivity index (χ4n) is 3.47. The van der Waals surface area contributed by atoms with Gasteiger partial charge in [0.05, 0.1) is 0 Å². The number of aryl methyl sites for hydroxylation is 1. The van der Waals surface area contributed by atoms with Gasteiger partial charge >= 0.3 is 0 Å². The first-order chi connectivity index (χ1) is 12.7. The van der Waals surface area contributed by atoms with Crippen LogP contribution in [-0.2, 0) is 24.3 Å². The number of nitrogens with one attached hydrogen (secondary N) is 1.